The number of amides is 6. The molecule has 0 spiro atoms. The van der Waals surface area contributed by atoms with Crippen molar-refractivity contribution in [3.8, 4) is 0 Å². The molecule has 2 aromatic rings. The first-order valence-electron chi connectivity index (χ1n) is 12.4. The number of hydrogen-bond acceptors (Lipinski definition) is 10. The second-order valence-electron chi connectivity index (χ2n) is 8.57. The van der Waals surface area contributed by atoms with Crippen LogP contribution in [-0.4, -0.2) is 87.0 Å². The summed E-state index contributed by atoms with van der Waals surface area (Å²) in [4.78, 5) is 79.2. The number of pyridine rings is 1. The Kier molecular flexibility index (Phi) is 10.0. The average molecular weight is 543 g/mol. The molecule has 0 saturated carbocycles. The van der Waals surface area contributed by atoms with Gasteiger partial charge in [-0.25, -0.2) is 9.78 Å². The highest BCUT2D eigenvalue weighted by molar-refractivity contribution is 6.02. The smallest absolute Gasteiger partial charge is 0.349 e. The SMILES string of the molecule is CCN(CC)CCNC(=O)c1ccc2cc(NC(=O)ON3C(=O)CCC3=O)ccc2n1.O=C1CCC(=O)N1O. The number of aromatic nitrogens is 1. The zero-order chi connectivity index (χ0) is 28.5. The van der Waals surface area contributed by atoms with E-state index in [4.69, 9.17) is 10.0 Å². The number of hydroxylamine groups is 4. The van der Waals surface area contributed by atoms with Crippen molar-refractivity contribution in [3.05, 3.63) is 36.0 Å². The van der Waals surface area contributed by atoms with E-state index in [1.807, 2.05) is 0 Å². The van der Waals surface area contributed by atoms with E-state index in [1.165, 1.54) is 0 Å². The van der Waals surface area contributed by atoms with E-state index < -0.39 is 29.7 Å². The van der Waals surface area contributed by atoms with Gasteiger partial charge in [-0.2, -0.15) is 5.06 Å². The van der Waals surface area contributed by atoms with Crippen LogP contribution in [0.3, 0.4) is 0 Å². The summed E-state index contributed by atoms with van der Waals surface area (Å²) in [6.07, 6.45) is -0.594. The number of fused-ring (bicyclic) bond motifs is 1. The van der Waals surface area contributed by atoms with Crippen LogP contribution in [0.2, 0.25) is 0 Å². The fraction of sp³-hybridized carbons (Fsp3) is 0.400. The van der Waals surface area contributed by atoms with Crippen LogP contribution in [0.4, 0.5) is 10.5 Å². The van der Waals surface area contributed by atoms with Gasteiger partial charge < -0.3 is 15.1 Å². The lowest BCUT2D eigenvalue weighted by molar-refractivity contribution is -0.171. The summed E-state index contributed by atoms with van der Waals surface area (Å²) >= 11 is 0. The van der Waals surface area contributed by atoms with Crippen LogP contribution in [0.15, 0.2) is 30.3 Å². The molecular weight excluding hydrogens is 512 g/mol. The summed E-state index contributed by atoms with van der Waals surface area (Å²) in [6.45, 7) is 7.30. The van der Waals surface area contributed by atoms with E-state index >= 15 is 0 Å². The van der Waals surface area contributed by atoms with Crippen molar-refractivity contribution in [2.45, 2.75) is 39.5 Å². The van der Waals surface area contributed by atoms with E-state index in [0.717, 1.165) is 19.6 Å². The lowest BCUT2D eigenvalue weighted by Gasteiger charge is -2.17. The number of benzene rings is 1. The topological polar surface area (TPSA) is 179 Å². The molecular formula is C25H30N6O8. The third-order valence-electron chi connectivity index (χ3n) is 5.98. The highest BCUT2D eigenvalue weighted by Gasteiger charge is 2.33. The quantitative estimate of drug-likeness (QED) is 0.326. The van der Waals surface area contributed by atoms with E-state index in [0.29, 0.717) is 33.9 Å². The second-order valence-corrected chi connectivity index (χ2v) is 8.57. The monoisotopic (exact) mass is 542 g/mol. The Morgan fingerprint density at radius 2 is 1.56 bits per heavy atom. The summed E-state index contributed by atoms with van der Waals surface area (Å²) < 4.78 is 0. The molecule has 14 heteroatoms. The summed E-state index contributed by atoms with van der Waals surface area (Å²) in [5, 5.41) is 15.1. The number of hydrogen-bond donors (Lipinski definition) is 3. The molecule has 0 aliphatic carbocycles. The maximum atomic E-state index is 12.4. The molecule has 0 atom stereocenters. The fourth-order valence-electron chi connectivity index (χ4n) is 3.73. The summed E-state index contributed by atoms with van der Waals surface area (Å²) in [7, 11) is 0. The van der Waals surface area contributed by atoms with Gasteiger partial charge in [0.25, 0.3) is 29.5 Å². The fourth-order valence-corrected chi connectivity index (χ4v) is 3.73. The zero-order valence-electron chi connectivity index (χ0n) is 21.6. The summed E-state index contributed by atoms with van der Waals surface area (Å²) in [5.74, 6) is -2.36. The van der Waals surface area contributed by atoms with Crippen LogP contribution < -0.4 is 10.6 Å². The van der Waals surface area contributed by atoms with Gasteiger partial charge in [0.1, 0.15) is 5.69 Å². The molecule has 2 fully saturated rings. The largest absolute Gasteiger partial charge is 0.436 e. The highest BCUT2D eigenvalue weighted by Crippen LogP contribution is 2.19. The van der Waals surface area contributed by atoms with Crippen molar-refractivity contribution in [2.24, 2.45) is 0 Å². The minimum Gasteiger partial charge on any atom is -0.349 e. The molecule has 1 aromatic heterocycles. The maximum Gasteiger partial charge on any atom is 0.436 e. The van der Waals surface area contributed by atoms with Crippen molar-refractivity contribution in [2.75, 3.05) is 31.5 Å². The Morgan fingerprint density at radius 3 is 2.13 bits per heavy atom. The van der Waals surface area contributed by atoms with Gasteiger partial charge in [-0.3, -0.25) is 34.5 Å². The van der Waals surface area contributed by atoms with Gasteiger partial charge >= 0.3 is 6.09 Å². The first kappa shape index (κ1) is 29.1. The minimum atomic E-state index is -0.944. The third-order valence-corrected chi connectivity index (χ3v) is 5.98. The van der Waals surface area contributed by atoms with Crippen LogP contribution >= 0.6 is 0 Å². The van der Waals surface area contributed by atoms with Gasteiger partial charge in [-0.05, 0) is 37.4 Å². The molecule has 2 aliphatic rings. The van der Waals surface area contributed by atoms with E-state index in [1.54, 1.807) is 30.3 Å². The molecule has 2 saturated heterocycles. The molecule has 3 N–H and O–H groups in total. The number of rotatable bonds is 8. The standard InChI is InChI=1S/C21H25N5O5.C4H5NO3/c1-3-25(4-2)12-11-22-20(29)17-7-5-14-13-15(6-8-16(14)24-17)23-21(30)31-26-18(27)9-10-19(26)28;6-3-1-2-4(7)5(3)8/h5-8,13H,3-4,9-12H2,1-2H3,(H,22,29)(H,23,30);8H,1-2H2. The average Bonchev–Trinajstić information content (AvgIpc) is 3.40. The number of likely N-dealkylation sites (N-methyl/N-ethyl adjacent to an activating group) is 1. The van der Waals surface area contributed by atoms with Gasteiger partial charge in [-0.1, -0.05) is 19.9 Å². The van der Waals surface area contributed by atoms with Crippen molar-refractivity contribution < 1.29 is 38.8 Å². The van der Waals surface area contributed by atoms with Crippen LogP contribution in [0.25, 0.3) is 10.9 Å². The Bertz CT molecular complexity index is 1250. The molecule has 0 bridgehead atoms. The molecule has 1 aromatic carbocycles. The first-order valence-corrected chi connectivity index (χ1v) is 12.4. The summed E-state index contributed by atoms with van der Waals surface area (Å²) in [6, 6.07) is 8.24. The van der Waals surface area contributed by atoms with Crippen molar-refractivity contribution in [1.29, 1.82) is 0 Å². The Morgan fingerprint density at radius 1 is 0.949 bits per heavy atom. The molecule has 39 heavy (non-hydrogen) atoms. The number of anilines is 1. The predicted octanol–water partition coefficient (Wildman–Crippen LogP) is 1.44. The molecule has 0 unspecified atom stereocenters. The molecule has 0 radical (unpaired) electrons. The van der Waals surface area contributed by atoms with Crippen molar-refractivity contribution in [3.63, 3.8) is 0 Å². The van der Waals surface area contributed by atoms with Crippen LogP contribution in [-0.2, 0) is 24.0 Å². The second kappa shape index (κ2) is 13.4. The Labute approximate surface area is 223 Å². The molecule has 4 rings (SSSR count). The number of nitrogens with zero attached hydrogens (tertiary/aromatic N) is 4. The van der Waals surface area contributed by atoms with Crippen LogP contribution in [0.5, 0.6) is 0 Å². The molecule has 14 nitrogen and oxygen atoms in total. The summed E-state index contributed by atoms with van der Waals surface area (Å²) in [5.41, 5.74) is 1.29. The van der Waals surface area contributed by atoms with E-state index in [2.05, 4.69) is 34.4 Å². The van der Waals surface area contributed by atoms with Gasteiger partial charge in [0.2, 0.25) is 0 Å². The molecule has 208 valence electrons. The van der Waals surface area contributed by atoms with Crippen molar-refractivity contribution in [1.82, 2.24) is 25.3 Å². The number of carbonyl (C=O) groups is 6. The van der Waals surface area contributed by atoms with Gasteiger partial charge in [0.05, 0.1) is 5.52 Å². The number of nitrogens with one attached hydrogen (secondary N) is 2. The minimum absolute atomic E-state index is 0.0269. The number of imide groups is 2. The number of carbonyl (C=O) groups excluding carboxylic acids is 6. The predicted molar refractivity (Wildman–Crippen MR) is 136 cm³/mol. The first-order chi connectivity index (χ1) is 18.6. The van der Waals surface area contributed by atoms with Crippen LogP contribution in [0.1, 0.15) is 50.0 Å². The highest BCUT2D eigenvalue weighted by atomic mass is 16.7. The zero-order valence-corrected chi connectivity index (χ0v) is 21.6. The lowest BCUT2D eigenvalue weighted by Crippen LogP contribution is -2.35. The Hall–Kier alpha value is -4.43. The molecule has 2 aliphatic heterocycles. The van der Waals surface area contributed by atoms with Crippen LogP contribution in [0, 0.1) is 0 Å². The van der Waals surface area contributed by atoms with E-state index in [-0.39, 0.29) is 36.7 Å². The van der Waals surface area contributed by atoms with Crippen molar-refractivity contribution >= 4 is 52.2 Å². The molecule has 3 heterocycles. The Balaban J connectivity index is 0.000000449. The van der Waals surface area contributed by atoms with Gasteiger partial charge in [-0.15, -0.1) is 5.06 Å². The van der Waals surface area contributed by atoms with Gasteiger partial charge in [0.15, 0.2) is 0 Å². The third kappa shape index (κ3) is 7.78. The molecule has 6 amide bonds. The normalized spacial score (nSPS) is 15.1. The van der Waals surface area contributed by atoms with Gasteiger partial charge in [0, 0.05) is 49.8 Å². The van der Waals surface area contributed by atoms with E-state index in [9.17, 15) is 28.8 Å². The maximum absolute atomic E-state index is 12.4. The lowest BCUT2D eigenvalue weighted by atomic mass is 10.1.